The second-order valence-corrected chi connectivity index (χ2v) is 11.0. The highest BCUT2D eigenvalue weighted by molar-refractivity contribution is 8.14. The largest absolute Gasteiger partial charge is 0.487 e. The Hall–Kier alpha value is -3.32. The number of carboxylic acids is 1. The van der Waals surface area contributed by atoms with E-state index in [1.807, 2.05) is 23.9 Å². The van der Waals surface area contributed by atoms with Crippen molar-refractivity contribution in [1.29, 1.82) is 0 Å². The minimum Gasteiger partial charge on any atom is -0.487 e. The number of aromatic carboxylic acids is 1. The van der Waals surface area contributed by atoms with E-state index in [2.05, 4.69) is 74.0 Å². The van der Waals surface area contributed by atoms with Gasteiger partial charge in [-0.2, -0.15) is 0 Å². The van der Waals surface area contributed by atoms with Crippen molar-refractivity contribution >= 4 is 28.5 Å². The fourth-order valence-electron chi connectivity index (χ4n) is 4.71. The van der Waals surface area contributed by atoms with E-state index in [0.717, 1.165) is 17.9 Å². The van der Waals surface area contributed by atoms with Crippen LogP contribution in [-0.2, 0) is 6.61 Å². The van der Waals surface area contributed by atoms with Crippen LogP contribution in [0.1, 0.15) is 79.5 Å². The van der Waals surface area contributed by atoms with Gasteiger partial charge in [-0.25, -0.2) is 4.79 Å². The predicted octanol–water partition coefficient (Wildman–Crippen LogP) is 7.36. The molecule has 1 N–H and O–H groups in total. The van der Waals surface area contributed by atoms with E-state index in [0.29, 0.717) is 24.3 Å². The molecule has 0 amide bonds. The number of carbonyl (C=O) groups is 1. The first kappa shape index (κ1) is 27.7. The van der Waals surface area contributed by atoms with Gasteiger partial charge in [0.2, 0.25) is 0 Å². The number of ether oxygens (including phenoxy) is 1. The SMILES string of the molecule is CCC(CC)c1ccc(N(CC2=NC(c3ccc(COc4cncc(C(=O)O)c4)cc3)CS2)C(C)C)cc1. The maximum absolute atomic E-state index is 11.1. The Labute approximate surface area is 230 Å². The topological polar surface area (TPSA) is 75.0 Å². The van der Waals surface area contributed by atoms with Gasteiger partial charge < -0.3 is 14.7 Å². The van der Waals surface area contributed by atoms with Crippen LogP contribution in [-0.4, -0.2) is 39.4 Å². The molecule has 0 radical (unpaired) electrons. The number of carboxylic acid groups (broad SMARTS) is 1. The Bertz CT molecular complexity index is 1240. The molecule has 4 rings (SSSR count). The molecule has 200 valence electrons. The Morgan fingerprint density at radius 2 is 1.79 bits per heavy atom. The van der Waals surface area contributed by atoms with Gasteiger partial charge in [0, 0.05) is 23.7 Å². The van der Waals surface area contributed by atoms with Gasteiger partial charge in [0.25, 0.3) is 0 Å². The van der Waals surface area contributed by atoms with Crippen LogP contribution >= 0.6 is 11.8 Å². The third-order valence-corrected chi connectivity index (χ3v) is 8.10. The first-order chi connectivity index (χ1) is 18.4. The summed E-state index contributed by atoms with van der Waals surface area (Å²) >= 11 is 1.85. The number of pyridine rings is 1. The highest BCUT2D eigenvalue weighted by atomic mass is 32.2. The van der Waals surface area contributed by atoms with E-state index >= 15 is 0 Å². The molecule has 0 saturated heterocycles. The van der Waals surface area contributed by atoms with E-state index in [-0.39, 0.29) is 11.6 Å². The number of thioether (sulfide) groups is 1. The maximum Gasteiger partial charge on any atom is 0.337 e. The smallest absolute Gasteiger partial charge is 0.337 e. The molecule has 1 aliphatic heterocycles. The molecule has 0 bridgehead atoms. The van der Waals surface area contributed by atoms with Crippen molar-refractivity contribution < 1.29 is 14.6 Å². The van der Waals surface area contributed by atoms with Gasteiger partial charge in [-0.15, -0.1) is 11.8 Å². The lowest BCUT2D eigenvalue weighted by molar-refractivity contribution is 0.0696. The molecule has 1 atom stereocenters. The zero-order chi connectivity index (χ0) is 27.1. The van der Waals surface area contributed by atoms with Crippen LogP contribution in [0, 0.1) is 0 Å². The quantitative estimate of drug-likeness (QED) is 0.263. The highest BCUT2D eigenvalue weighted by Crippen LogP contribution is 2.33. The van der Waals surface area contributed by atoms with Gasteiger partial charge in [0.15, 0.2) is 0 Å². The highest BCUT2D eigenvalue weighted by Gasteiger charge is 2.23. The second-order valence-electron chi connectivity index (χ2n) is 9.92. The molecule has 38 heavy (non-hydrogen) atoms. The number of hydrogen-bond acceptors (Lipinski definition) is 6. The molecule has 3 aromatic rings. The fourth-order valence-corrected chi connectivity index (χ4v) is 5.76. The summed E-state index contributed by atoms with van der Waals surface area (Å²) < 4.78 is 5.74. The van der Waals surface area contributed by atoms with Crippen LogP contribution in [0.2, 0.25) is 0 Å². The zero-order valence-corrected chi connectivity index (χ0v) is 23.4. The summed E-state index contributed by atoms with van der Waals surface area (Å²) in [6.07, 6.45) is 5.17. The summed E-state index contributed by atoms with van der Waals surface area (Å²) in [7, 11) is 0. The summed E-state index contributed by atoms with van der Waals surface area (Å²) in [6.45, 7) is 10.2. The van der Waals surface area contributed by atoms with Crippen molar-refractivity contribution in [2.24, 2.45) is 4.99 Å². The lowest BCUT2D eigenvalue weighted by Gasteiger charge is -2.29. The van der Waals surface area contributed by atoms with Gasteiger partial charge in [0.05, 0.1) is 29.4 Å². The van der Waals surface area contributed by atoms with Gasteiger partial charge in [-0.3, -0.25) is 9.98 Å². The first-order valence-electron chi connectivity index (χ1n) is 13.3. The van der Waals surface area contributed by atoms with E-state index < -0.39 is 5.97 Å². The zero-order valence-electron chi connectivity index (χ0n) is 22.6. The normalized spacial score (nSPS) is 15.1. The molecule has 1 unspecified atom stereocenters. The molecule has 1 aliphatic rings. The summed E-state index contributed by atoms with van der Waals surface area (Å²) in [5, 5.41) is 10.3. The molecule has 2 aromatic carbocycles. The van der Waals surface area contributed by atoms with Crippen LogP contribution in [0.15, 0.2) is 72.0 Å². The minimum absolute atomic E-state index is 0.111. The molecule has 6 nitrogen and oxygen atoms in total. The van der Waals surface area contributed by atoms with E-state index in [9.17, 15) is 4.79 Å². The number of anilines is 1. The predicted molar refractivity (Wildman–Crippen MR) is 157 cm³/mol. The average molecular weight is 532 g/mol. The van der Waals surface area contributed by atoms with Crippen LogP contribution in [0.5, 0.6) is 5.75 Å². The minimum atomic E-state index is -1.02. The lowest BCUT2D eigenvalue weighted by Crippen LogP contribution is -2.34. The van der Waals surface area contributed by atoms with Crippen LogP contribution < -0.4 is 9.64 Å². The van der Waals surface area contributed by atoms with Crippen LogP contribution in [0.4, 0.5) is 5.69 Å². The molecule has 2 heterocycles. The third-order valence-electron chi connectivity index (χ3n) is 7.05. The van der Waals surface area contributed by atoms with Gasteiger partial charge in [0.1, 0.15) is 12.4 Å². The fraction of sp³-hybridized carbons (Fsp3) is 0.387. The number of hydrogen-bond donors (Lipinski definition) is 1. The van der Waals surface area contributed by atoms with Crippen molar-refractivity contribution in [1.82, 2.24) is 4.98 Å². The van der Waals surface area contributed by atoms with E-state index in [1.54, 1.807) is 0 Å². The molecule has 1 aromatic heterocycles. The van der Waals surface area contributed by atoms with Gasteiger partial charge in [-0.1, -0.05) is 50.2 Å². The monoisotopic (exact) mass is 531 g/mol. The van der Waals surface area contributed by atoms with Crippen molar-refractivity contribution in [3.63, 3.8) is 0 Å². The molecule has 0 saturated carbocycles. The Morgan fingerprint density at radius 1 is 1.08 bits per heavy atom. The molecule has 7 heteroatoms. The Balaban J connectivity index is 1.37. The van der Waals surface area contributed by atoms with E-state index in [4.69, 9.17) is 14.8 Å². The third kappa shape index (κ3) is 6.95. The maximum atomic E-state index is 11.1. The standard InChI is InChI=1S/C31H37N3O3S/c1-5-23(6-2)24-11-13-27(14-12-24)34(21(3)4)18-30-33-29(20-38-30)25-9-7-22(8-10-25)19-37-28-15-26(31(35)36)16-32-17-28/h7-17,21,23,29H,5-6,18-20H2,1-4H3,(H,35,36). The number of rotatable bonds is 12. The number of benzene rings is 2. The summed E-state index contributed by atoms with van der Waals surface area (Å²) in [6, 6.07) is 19.4. The second kappa shape index (κ2) is 13.0. The Kier molecular flexibility index (Phi) is 9.45. The van der Waals surface area contributed by atoms with Crippen LogP contribution in [0.3, 0.4) is 0 Å². The molecular weight excluding hydrogens is 494 g/mol. The van der Waals surface area contributed by atoms with Crippen molar-refractivity contribution in [3.8, 4) is 5.75 Å². The summed E-state index contributed by atoms with van der Waals surface area (Å²) in [5.41, 5.74) is 4.98. The number of aromatic nitrogens is 1. The van der Waals surface area contributed by atoms with Gasteiger partial charge >= 0.3 is 5.97 Å². The van der Waals surface area contributed by atoms with Gasteiger partial charge in [-0.05, 0) is 67.5 Å². The molecule has 0 spiro atoms. The molecule has 0 aliphatic carbocycles. The van der Waals surface area contributed by atoms with Crippen LogP contribution in [0.25, 0.3) is 0 Å². The van der Waals surface area contributed by atoms with Crippen molar-refractivity contribution in [2.45, 2.75) is 65.1 Å². The molecule has 0 fully saturated rings. The molecular formula is C31H37N3O3S. The number of aliphatic imine (C=N–C) groups is 1. The average Bonchev–Trinajstić information content (AvgIpc) is 3.41. The first-order valence-corrected chi connectivity index (χ1v) is 14.3. The van der Waals surface area contributed by atoms with E-state index in [1.165, 1.54) is 53.2 Å². The Morgan fingerprint density at radius 3 is 2.42 bits per heavy atom. The van der Waals surface area contributed by atoms with Crippen molar-refractivity contribution in [2.75, 3.05) is 17.2 Å². The summed E-state index contributed by atoms with van der Waals surface area (Å²) in [4.78, 5) is 22.6. The van der Waals surface area contributed by atoms with Crippen molar-refractivity contribution in [3.05, 3.63) is 89.2 Å². The lowest BCUT2D eigenvalue weighted by atomic mass is 9.94. The number of nitrogens with zero attached hydrogens (tertiary/aromatic N) is 3. The summed E-state index contributed by atoms with van der Waals surface area (Å²) in [5.74, 6) is 0.992.